The van der Waals surface area contributed by atoms with Crippen molar-refractivity contribution in [3.63, 3.8) is 0 Å². The molecule has 0 unspecified atom stereocenters. The van der Waals surface area contributed by atoms with Gasteiger partial charge in [-0.05, 0) is 0 Å². The Labute approximate surface area is 87.6 Å². The zero-order chi connectivity index (χ0) is 0. The Kier molecular flexibility index (Phi) is 1930. The van der Waals surface area contributed by atoms with E-state index in [1.54, 1.807) is 0 Å². The normalized spacial score (nSPS) is 0. The van der Waals surface area contributed by atoms with Crippen LogP contribution >= 0.6 is 0 Å². The van der Waals surface area contributed by atoms with Gasteiger partial charge in [0, 0.05) is 21.7 Å². The van der Waals surface area contributed by atoms with Gasteiger partial charge in [-0.1, -0.05) is 0 Å². The Hall–Kier alpha value is 2.03. The quantitative estimate of drug-likeness (QED) is 0.428. The third-order valence-electron chi connectivity index (χ3n) is 0. The fourth-order valence-electron chi connectivity index (χ4n) is 0. The van der Waals surface area contributed by atoms with Gasteiger partial charge in [-0.3, -0.25) is 0 Å². The summed E-state index contributed by atoms with van der Waals surface area (Å²) in [6.45, 7) is 0. The molecular weight excluding hydrogens is 474 g/mol. The van der Waals surface area contributed by atoms with Gasteiger partial charge in [0.25, 0.3) is 0 Å². The summed E-state index contributed by atoms with van der Waals surface area (Å²) in [6, 6.07) is 0. The second-order valence-corrected chi connectivity index (χ2v) is 0. The molecule has 7 heteroatoms. The molecule has 0 amide bonds. The Balaban J connectivity index is 0. The van der Waals surface area contributed by atoms with E-state index in [-0.39, 0.29) is 88.4 Å². The molecule has 42 valence electrons. The first-order valence-corrected chi connectivity index (χ1v) is 0. The van der Waals surface area contributed by atoms with Crippen LogP contribution in [0.15, 0.2) is 0 Å². The van der Waals surface area contributed by atoms with E-state index in [1.807, 2.05) is 0 Å². The maximum absolute atomic E-state index is 0. The maximum atomic E-state index is 0. The molecule has 4 nitrogen and oxygen atoms in total. The van der Waals surface area contributed by atoms with Crippen molar-refractivity contribution in [2.75, 3.05) is 0 Å². The molecule has 0 aliphatic heterocycles. The van der Waals surface area contributed by atoms with Crippen LogP contribution in [0, 0.1) is 0 Å². The molecule has 0 bridgehead atoms. The first-order chi connectivity index (χ1) is 0. The molecule has 0 aromatic heterocycles. The summed E-state index contributed by atoms with van der Waals surface area (Å²) in [5, 5.41) is 0. The summed E-state index contributed by atoms with van der Waals surface area (Å²) < 4.78 is 0. The summed E-state index contributed by atoms with van der Waals surface area (Å²) in [6.07, 6.45) is 0. The summed E-state index contributed by atoms with van der Waals surface area (Å²) in [5.74, 6) is 0. The third-order valence-corrected chi connectivity index (χ3v) is 0. The van der Waals surface area contributed by atoms with Crippen molar-refractivity contribution in [2.45, 2.75) is 0 Å². The van der Waals surface area contributed by atoms with Gasteiger partial charge >= 0.3 is 44.8 Å². The molecule has 0 aromatic rings. The van der Waals surface area contributed by atoms with Gasteiger partial charge in [0.05, 0.1) is 0 Å². The van der Waals surface area contributed by atoms with Gasteiger partial charge in [-0.15, -0.1) is 0 Å². The van der Waals surface area contributed by atoms with Gasteiger partial charge in [0.15, 0.2) is 0 Å². The van der Waals surface area contributed by atoms with Crippen molar-refractivity contribution >= 4 is 0 Å². The molecule has 4 N–H and O–H groups in total. The Morgan fingerprint density at radius 3 is 0.429 bits per heavy atom. The zero-order valence-corrected chi connectivity index (χ0v) is 11.2. The molecule has 0 aliphatic rings. The van der Waals surface area contributed by atoms with Crippen molar-refractivity contribution in [2.24, 2.45) is 0 Å². The monoisotopic (exact) mass is 478 g/mol. The smallest absolute Gasteiger partial charge is 0.870 e. The summed E-state index contributed by atoms with van der Waals surface area (Å²) >= 11 is 0. The number of hydrogen-bond acceptors (Lipinski definition) is 4. The molecule has 0 aliphatic carbocycles. The SMILES string of the molecule is [OH-].[OH-].[OH-].[OH-].[Ta+2].[Ta+2].[Ti]. The zero-order valence-electron chi connectivity index (χ0n) is 3.18. The van der Waals surface area contributed by atoms with Gasteiger partial charge in [0.1, 0.15) is 0 Å². The fourth-order valence-corrected chi connectivity index (χ4v) is 0. The minimum atomic E-state index is 0. The first-order valence-electron chi connectivity index (χ1n) is 0. The Morgan fingerprint density at radius 2 is 0.429 bits per heavy atom. The van der Waals surface area contributed by atoms with Gasteiger partial charge in [-0.25, -0.2) is 0 Å². The predicted octanol–water partition coefficient (Wildman–Crippen LogP) is -0.715. The van der Waals surface area contributed by atoms with Crippen LogP contribution in [-0.4, -0.2) is 21.9 Å². The van der Waals surface area contributed by atoms with E-state index in [0.29, 0.717) is 0 Å². The second kappa shape index (κ2) is 96.0. The van der Waals surface area contributed by atoms with E-state index in [1.165, 1.54) is 0 Å². The van der Waals surface area contributed by atoms with E-state index in [2.05, 4.69) is 0 Å². The van der Waals surface area contributed by atoms with Crippen molar-refractivity contribution in [3.8, 4) is 0 Å². The van der Waals surface area contributed by atoms with E-state index in [9.17, 15) is 0 Å². The van der Waals surface area contributed by atoms with Crippen molar-refractivity contribution in [3.05, 3.63) is 0 Å². The average Bonchev–Trinajstić information content (AvgIpc) is 0. The van der Waals surface area contributed by atoms with Crippen LogP contribution in [0.25, 0.3) is 0 Å². The van der Waals surface area contributed by atoms with Crippen LogP contribution in [0.5, 0.6) is 0 Å². The van der Waals surface area contributed by atoms with E-state index in [4.69, 9.17) is 0 Å². The fraction of sp³-hybridized carbons (Fsp3) is 0. The molecule has 0 fully saturated rings. The van der Waals surface area contributed by atoms with E-state index >= 15 is 0 Å². The van der Waals surface area contributed by atoms with Crippen LogP contribution in [0.2, 0.25) is 0 Å². The van der Waals surface area contributed by atoms with Crippen molar-refractivity contribution < 1.29 is 88.4 Å². The summed E-state index contributed by atoms with van der Waals surface area (Å²) in [4.78, 5) is 0. The largest absolute Gasteiger partial charge is 2.00 e. The molecule has 2 radical (unpaired) electrons. The van der Waals surface area contributed by atoms with Crippen LogP contribution in [0.4, 0.5) is 0 Å². The Morgan fingerprint density at radius 1 is 0.429 bits per heavy atom. The van der Waals surface area contributed by atoms with Gasteiger partial charge < -0.3 is 21.9 Å². The second-order valence-electron chi connectivity index (χ2n) is 0. The molecule has 0 atom stereocenters. The van der Waals surface area contributed by atoms with Crippen LogP contribution in [-0.2, 0) is 66.5 Å². The number of rotatable bonds is 0. The van der Waals surface area contributed by atoms with E-state index < -0.39 is 0 Å². The van der Waals surface area contributed by atoms with Crippen molar-refractivity contribution in [1.82, 2.24) is 0 Å². The van der Waals surface area contributed by atoms with E-state index in [0.717, 1.165) is 0 Å². The van der Waals surface area contributed by atoms with Crippen LogP contribution in [0.3, 0.4) is 0 Å². The minimum absolute atomic E-state index is 0. The maximum Gasteiger partial charge on any atom is 2.00 e. The molecule has 0 spiro atoms. The van der Waals surface area contributed by atoms with Gasteiger partial charge in [-0.2, -0.15) is 0 Å². The molecule has 0 heterocycles. The van der Waals surface area contributed by atoms with Gasteiger partial charge in [0.2, 0.25) is 0 Å². The third kappa shape index (κ3) is 70.7. The Bertz CT molecular complexity index is 9.65. The van der Waals surface area contributed by atoms with Crippen LogP contribution in [0.1, 0.15) is 0 Å². The minimum Gasteiger partial charge on any atom is -0.870 e. The molecular formula is H4O4Ta2Ti. The molecule has 0 aromatic carbocycles. The van der Waals surface area contributed by atoms with Crippen molar-refractivity contribution in [1.29, 1.82) is 0 Å². The summed E-state index contributed by atoms with van der Waals surface area (Å²) in [5.41, 5.74) is 0. The molecule has 0 saturated carbocycles. The van der Waals surface area contributed by atoms with Crippen LogP contribution < -0.4 is 0 Å². The molecule has 0 rings (SSSR count). The molecule has 7 heavy (non-hydrogen) atoms. The standard InChI is InChI=1S/4H2O.2Ta.Ti/h4*1H2;;;/q;;;;2*+2;/p-4. The summed E-state index contributed by atoms with van der Waals surface area (Å²) in [7, 11) is 0. The topological polar surface area (TPSA) is 120 Å². The number of hydrogen-bond donors (Lipinski definition) is 0. The predicted molar refractivity (Wildman–Crippen MR) is 7.74 cm³/mol. The first kappa shape index (κ1) is 141. The molecule has 0 saturated heterocycles. The average molecular weight is 478 g/mol.